The van der Waals surface area contributed by atoms with Crippen LogP contribution in [-0.2, 0) is 9.59 Å². The van der Waals surface area contributed by atoms with Crippen LogP contribution in [0.2, 0.25) is 10.0 Å². The number of piperidine rings is 1. The van der Waals surface area contributed by atoms with E-state index in [2.05, 4.69) is 5.32 Å². The molecule has 0 spiro atoms. The van der Waals surface area contributed by atoms with E-state index in [4.69, 9.17) is 23.2 Å². The van der Waals surface area contributed by atoms with Crippen molar-refractivity contribution in [1.29, 1.82) is 0 Å². The second-order valence-corrected chi connectivity index (χ2v) is 8.53. The van der Waals surface area contributed by atoms with Gasteiger partial charge in [0.05, 0.1) is 10.0 Å². The van der Waals surface area contributed by atoms with Crippen molar-refractivity contribution in [3.8, 4) is 0 Å². The van der Waals surface area contributed by atoms with Crippen LogP contribution in [-0.4, -0.2) is 88.7 Å². The number of aliphatic hydroxyl groups excluding tert-OH is 1. The number of amides is 4. The van der Waals surface area contributed by atoms with E-state index in [0.29, 0.717) is 28.8 Å². The van der Waals surface area contributed by atoms with Crippen molar-refractivity contribution < 1.29 is 23.9 Å². The molecule has 2 heterocycles. The number of nitrogens with one attached hydrogen (secondary N) is 1. The molecule has 1 aromatic carbocycles. The standard InChI is InChI=1S/C20H25Cl2FN4O4/c1-12-19(30)25(7-5-18(29)26-6-4-16(23)17(28)11-26)8-9-27(12)20(31)24-13-2-3-14(21)15(22)10-13/h2-3,10,12,16-17,28H,4-9,11H2,1H3,(H,24,31). The third-order valence-electron chi connectivity index (χ3n) is 5.63. The number of hydrogen-bond donors (Lipinski definition) is 2. The lowest BCUT2D eigenvalue weighted by atomic mass is 10.1. The van der Waals surface area contributed by atoms with Crippen LogP contribution in [0.3, 0.4) is 0 Å². The van der Waals surface area contributed by atoms with Gasteiger partial charge in [0.2, 0.25) is 11.8 Å². The van der Waals surface area contributed by atoms with Gasteiger partial charge >= 0.3 is 6.03 Å². The molecule has 0 bridgehead atoms. The number of benzene rings is 1. The van der Waals surface area contributed by atoms with Gasteiger partial charge in [-0.2, -0.15) is 0 Å². The fourth-order valence-electron chi connectivity index (χ4n) is 3.72. The molecule has 3 rings (SSSR count). The summed E-state index contributed by atoms with van der Waals surface area (Å²) in [5.74, 6) is -0.489. The number of likely N-dealkylation sites (tertiary alicyclic amines) is 1. The van der Waals surface area contributed by atoms with E-state index in [9.17, 15) is 23.9 Å². The van der Waals surface area contributed by atoms with Gasteiger partial charge in [-0.05, 0) is 31.5 Å². The lowest BCUT2D eigenvalue weighted by Gasteiger charge is -2.39. The Morgan fingerprint density at radius 1 is 1.23 bits per heavy atom. The summed E-state index contributed by atoms with van der Waals surface area (Å²) in [7, 11) is 0. The number of β-amino-alcohol motifs (C(OH)–C–C–N with tert-alkyl or cyclic N) is 1. The largest absolute Gasteiger partial charge is 0.388 e. The maximum atomic E-state index is 13.4. The fourth-order valence-corrected chi connectivity index (χ4v) is 4.01. The molecular formula is C20H25Cl2FN4O4. The Bertz CT molecular complexity index is 858. The Labute approximate surface area is 189 Å². The number of halogens is 3. The third-order valence-corrected chi connectivity index (χ3v) is 6.37. The average molecular weight is 475 g/mol. The zero-order valence-corrected chi connectivity index (χ0v) is 18.6. The summed E-state index contributed by atoms with van der Waals surface area (Å²) in [6.45, 7) is 2.65. The number of anilines is 1. The Morgan fingerprint density at radius 3 is 2.65 bits per heavy atom. The van der Waals surface area contributed by atoms with E-state index in [-0.39, 0.29) is 44.3 Å². The number of carbonyl (C=O) groups is 3. The predicted molar refractivity (Wildman–Crippen MR) is 115 cm³/mol. The highest BCUT2D eigenvalue weighted by Gasteiger charge is 2.35. The fraction of sp³-hybridized carbons (Fsp3) is 0.550. The normalized spacial score (nSPS) is 24.4. The first kappa shape index (κ1) is 23.6. The molecule has 0 aromatic heterocycles. The monoisotopic (exact) mass is 474 g/mol. The van der Waals surface area contributed by atoms with Crippen molar-refractivity contribution in [1.82, 2.24) is 14.7 Å². The molecule has 0 saturated carbocycles. The highest BCUT2D eigenvalue weighted by molar-refractivity contribution is 6.42. The highest BCUT2D eigenvalue weighted by atomic mass is 35.5. The summed E-state index contributed by atoms with van der Waals surface area (Å²) >= 11 is 11.8. The van der Waals surface area contributed by atoms with Crippen molar-refractivity contribution >= 4 is 46.7 Å². The summed E-state index contributed by atoms with van der Waals surface area (Å²) in [6.07, 6.45) is -2.29. The molecule has 3 atom stereocenters. The Kier molecular flexibility index (Phi) is 7.61. The molecular weight excluding hydrogens is 450 g/mol. The molecule has 3 unspecified atom stereocenters. The van der Waals surface area contributed by atoms with Crippen LogP contribution in [0, 0.1) is 0 Å². The summed E-state index contributed by atoms with van der Waals surface area (Å²) in [5.41, 5.74) is 0.464. The molecule has 2 saturated heterocycles. The van der Waals surface area contributed by atoms with Gasteiger partial charge in [0, 0.05) is 44.8 Å². The molecule has 11 heteroatoms. The zero-order valence-electron chi connectivity index (χ0n) is 17.1. The lowest BCUT2D eigenvalue weighted by molar-refractivity contribution is -0.141. The first-order valence-electron chi connectivity index (χ1n) is 10.1. The lowest BCUT2D eigenvalue weighted by Crippen LogP contribution is -2.58. The topological polar surface area (TPSA) is 93.2 Å². The molecule has 31 heavy (non-hydrogen) atoms. The van der Waals surface area contributed by atoms with Gasteiger partial charge in [0.25, 0.3) is 0 Å². The first-order chi connectivity index (χ1) is 14.7. The maximum Gasteiger partial charge on any atom is 0.322 e. The van der Waals surface area contributed by atoms with Gasteiger partial charge in [-0.15, -0.1) is 0 Å². The molecule has 1 aromatic rings. The Morgan fingerprint density at radius 2 is 1.97 bits per heavy atom. The summed E-state index contributed by atoms with van der Waals surface area (Å²) in [6, 6.07) is 3.58. The molecule has 170 valence electrons. The van der Waals surface area contributed by atoms with Crippen LogP contribution >= 0.6 is 23.2 Å². The van der Waals surface area contributed by atoms with Crippen LogP contribution in [0.15, 0.2) is 18.2 Å². The molecule has 2 aliphatic heterocycles. The molecule has 0 aliphatic carbocycles. The number of urea groups is 1. The third kappa shape index (κ3) is 5.58. The second kappa shape index (κ2) is 10.0. The second-order valence-electron chi connectivity index (χ2n) is 7.72. The van der Waals surface area contributed by atoms with Gasteiger partial charge in [-0.25, -0.2) is 9.18 Å². The van der Waals surface area contributed by atoms with E-state index in [1.54, 1.807) is 24.0 Å². The SMILES string of the molecule is CC1C(=O)N(CCC(=O)N2CCC(F)C(O)C2)CCN1C(=O)Nc1ccc(Cl)c(Cl)c1. The molecule has 2 aliphatic rings. The van der Waals surface area contributed by atoms with Crippen molar-refractivity contribution in [3.05, 3.63) is 28.2 Å². The smallest absolute Gasteiger partial charge is 0.322 e. The number of piperazine rings is 1. The zero-order chi connectivity index (χ0) is 22.7. The average Bonchev–Trinajstić information content (AvgIpc) is 2.73. The Balaban J connectivity index is 1.51. The molecule has 2 N–H and O–H groups in total. The van der Waals surface area contributed by atoms with Crippen LogP contribution in [0.25, 0.3) is 0 Å². The van der Waals surface area contributed by atoms with Gasteiger partial charge in [0.15, 0.2) is 0 Å². The van der Waals surface area contributed by atoms with Crippen LogP contribution < -0.4 is 5.32 Å². The summed E-state index contributed by atoms with van der Waals surface area (Å²) < 4.78 is 13.4. The quantitative estimate of drug-likeness (QED) is 0.700. The minimum Gasteiger partial charge on any atom is -0.388 e. The van der Waals surface area contributed by atoms with Gasteiger partial charge in [0.1, 0.15) is 18.3 Å². The van der Waals surface area contributed by atoms with Crippen LogP contribution in [0.5, 0.6) is 0 Å². The van der Waals surface area contributed by atoms with E-state index >= 15 is 0 Å². The van der Waals surface area contributed by atoms with Crippen molar-refractivity contribution in [2.75, 3.05) is 38.0 Å². The number of carbonyl (C=O) groups excluding carboxylic acids is 3. The van der Waals surface area contributed by atoms with Crippen molar-refractivity contribution in [2.24, 2.45) is 0 Å². The summed E-state index contributed by atoms with van der Waals surface area (Å²) in [4.78, 5) is 42.1. The van der Waals surface area contributed by atoms with Crippen molar-refractivity contribution in [2.45, 2.75) is 38.1 Å². The van der Waals surface area contributed by atoms with E-state index in [0.717, 1.165) is 0 Å². The minimum absolute atomic E-state index is 0.0347. The van der Waals surface area contributed by atoms with Crippen molar-refractivity contribution in [3.63, 3.8) is 0 Å². The van der Waals surface area contributed by atoms with Crippen LogP contribution in [0.4, 0.5) is 14.9 Å². The maximum absolute atomic E-state index is 13.4. The van der Waals surface area contributed by atoms with Gasteiger partial charge < -0.3 is 25.1 Å². The van der Waals surface area contributed by atoms with E-state index < -0.39 is 24.3 Å². The predicted octanol–water partition coefficient (Wildman–Crippen LogP) is 2.38. The molecule has 4 amide bonds. The number of hydrogen-bond acceptors (Lipinski definition) is 4. The summed E-state index contributed by atoms with van der Waals surface area (Å²) in [5, 5.41) is 13.0. The number of nitrogens with zero attached hydrogens (tertiary/aromatic N) is 3. The van der Waals surface area contributed by atoms with E-state index in [1.165, 1.54) is 15.9 Å². The van der Waals surface area contributed by atoms with Crippen LogP contribution in [0.1, 0.15) is 19.8 Å². The van der Waals surface area contributed by atoms with E-state index in [1.807, 2.05) is 0 Å². The highest BCUT2D eigenvalue weighted by Crippen LogP contribution is 2.25. The van der Waals surface area contributed by atoms with Gasteiger partial charge in [-0.3, -0.25) is 9.59 Å². The Hall–Kier alpha value is -2.10. The molecule has 8 nitrogen and oxygen atoms in total. The number of alkyl halides is 1. The van der Waals surface area contributed by atoms with Gasteiger partial charge in [-0.1, -0.05) is 23.2 Å². The minimum atomic E-state index is -1.31. The molecule has 0 radical (unpaired) electrons. The first-order valence-corrected chi connectivity index (χ1v) is 10.8. The molecule has 2 fully saturated rings. The number of rotatable bonds is 4. The number of aliphatic hydroxyl groups is 1.